The molecule has 0 aromatic heterocycles. The highest BCUT2D eigenvalue weighted by molar-refractivity contribution is 5.81. The molecule has 0 aliphatic heterocycles. The number of hydrogen-bond acceptors (Lipinski definition) is 3. The molecule has 2 N–H and O–H groups in total. The average Bonchev–Trinajstić information content (AvgIpc) is 2.07. The molecule has 0 spiro atoms. The molecule has 0 heterocycles. The van der Waals surface area contributed by atoms with E-state index < -0.39 is 11.1 Å². The zero-order valence-corrected chi connectivity index (χ0v) is 10.3. The van der Waals surface area contributed by atoms with Crippen LogP contribution in [-0.2, 0) is 9.53 Å². The summed E-state index contributed by atoms with van der Waals surface area (Å²) in [5, 5.41) is 0. The molecule has 0 radical (unpaired) electrons. The van der Waals surface area contributed by atoms with E-state index in [2.05, 4.69) is 0 Å². The fourth-order valence-corrected chi connectivity index (χ4v) is 2.05. The first kappa shape index (κ1) is 12.5. The van der Waals surface area contributed by atoms with Crippen LogP contribution in [0.3, 0.4) is 0 Å². The van der Waals surface area contributed by atoms with Crippen LogP contribution in [0.1, 0.15) is 53.4 Å². The first-order valence-electron chi connectivity index (χ1n) is 5.78. The summed E-state index contributed by atoms with van der Waals surface area (Å²) in [6.07, 6.45) is 3.97. The summed E-state index contributed by atoms with van der Waals surface area (Å²) in [5.41, 5.74) is 4.98. The molecule has 0 saturated heterocycles. The lowest BCUT2D eigenvalue weighted by atomic mass is 9.74. The van der Waals surface area contributed by atoms with Crippen molar-refractivity contribution in [2.24, 2.45) is 11.7 Å². The molecular formula is C12H23NO2. The number of carbonyl (C=O) groups excluding carboxylic acids is 1. The maximum atomic E-state index is 12.0. The van der Waals surface area contributed by atoms with E-state index in [9.17, 15) is 4.79 Å². The van der Waals surface area contributed by atoms with Gasteiger partial charge in [0.2, 0.25) is 0 Å². The maximum absolute atomic E-state index is 12.0. The van der Waals surface area contributed by atoms with Gasteiger partial charge in [0.25, 0.3) is 0 Å². The normalized spacial score (nSPS) is 32.5. The summed E-state index contributed by atoms with van der Waals surface area (Å²) in [6.45, 7) is 7.67. The molecule has 1 rings (SSSR count). The van der Waals surface area contributed by atoms with E-state index in [1.807, 2.05) is 27.7 Å². The molecule has 3 heteroatoms. The molecule has 1 saturated carbocycles. The second kappa shape index (κ2) is 4.12. The molecule has 3 nitrogen and oxygen atoms in total. The third-order valence-corrected chi connectivity index (χ3v) is 3.14. The number of carbonyl (C=O) groups is 1. The number of ether oxygens (including phenoxy) is 1. The number of esters is 1. The Morgan fingerprint density at radius 1 is 1.40 bits per heavy atom. The number of hydrogen-bond donors (Lipinski definition) is 1. The lowest BCUT2D eigenvalue weighted by molar-refractivity contribution is -0.165. The smallest absolute Gasteiger partial charge is 0.326 e. The zero-order valence-electron chi connectivity index (χ0n) is 10.3. The van der Waals surface area contributed by atoms with Gasteiger partial charge in [-0.3, -0.25) is 4.79 Å². The molecule has 1 aliphatic rings. The Labute approximate surface area is 92.4 Å². The molecule has 15 heavy (non-hydrogen) atoms. The first-order valence-corrected chi connectivity index (χ1v) is 5.78. The van der Waals surface area contributed by atoms with Gasteiger partial charge in [-0.15, -0.1) is 0 Å². The highest BCUT2D eigenvalue weighted by Crippen LogP contribution is 2.33. The van der Waals surface area contributed by atoms with Crippen molar-refractivity contribution in [2.45, 2.75) is 64.5 Å². The molecule has 2 atom stereocenters. The monoisotopic (exact) mass is 213 g/mol. The molecule has 0 amide bonds. The molecule has 0 aromatic rings. The van der Waals surface area contributed by atoms with Gasteiger partial charge in [0, 0.05) is 0 Å². The third-order valence-electron chi connectivity index (χ3n) is 3.14. The molecule has 1 fully saturated rings. The molecule has 88 valence electrons. The molecule has 0 unspecified atom stereocenters. The van der Waals surface area contributed by atoms with E-state index >= 15 is 0 Å². The van der Waals surface area contributed by atoms with Crippen LogP contribution >= 0.6 is 0 Å². The minimum atomic E-state index is -0.758. The SMILES string of the molecule is C[C@H]1CCCC[C@@]1(N)C(=O)OC(C)(C)C. The Hall–Kier alpha value is -0.570. The quantitative estimate of drug-likeness (QED) is 0.680. The van der Waals surface area contributed by atoms with Crippen molar-refractivity contribution in [2.75, 3.05) is 0 Å². The molecule has 0 bridgehead atoms. The molecule has 0 aromatic carbocycles. The van der Waals surface area contributed by atoms with Gasteiger partial charge in [-0.05, 0) is 39.5 Å². The zero-order chi connectivity index (χ0) is 11.7. The van der Waals surface area contributed by atoms with Gasteiger partial charge in [-0.1, -0.05) is 19.8 Å². The average molecular weight is 213 g/mol. The summed E-state index contributed by atoms with van der Waals surface area (Å²) in [6, 6.07) is 0. The Balaban J connectivity index is 2.71. The van der Waals surface area contributed by atoms with E-state index in [4.69, 9.17) is 10.5 Å². The second-order valence-electron chi connectivity index (χ2n) is 5.69. The predicted molar refractivity (Wildman–Crippen MR) is 60.4 cm³/mol. The third kappa shape index (κ3) is 2.94. The minimum Gasteiger partial charge on any atom is -0.459 e. The topological polar surface area (TPSA) is 52.3 Å². The highest BCUT2D eigenvalue weighted by Gasteiger charge is 2.43. The fourth-order valence-electron chi connectivity index (χ4n) is 2.05. The predicted octanol–water partition coefficient (Wildman–Crippen LogP) is 2.24. The van der Waals surface area contributed by atoms with Crippen LogP contribution in [0, 0.1) is 5.92 Å². The van der Waals surface area contributed by atoms with E-state index in [1.54, 1.807) is 0 Å². The molecule has 1 aliphatic carbocycles. The summed E-state index contributed by atoms with van der Waals surface area (Å²) >= 11 is 0. The van der Waals surface area contributed by atoms with Gasteiger partial charge in [-0.25, -0.2) is 0 Å². The Morgan fingerprint density at radius 2 is 2.00 bits per heavy atom. The lowest BCUT2D eigenvalue weighted by Crippen LogP contribution is -2.56. The van der Waals surface area contributed by atoms with E-state index in [1.165, 1.54) is 6.42 Å². The van der Waals surface area contributed by atoms with Crippen LogP contribution in [0.2, 0.25) is 0 Å². The van der Waals surface area contributed by atoms with Gasteiger partial charge in [0.05, 0.1) is 0 Å². The van der Waals surface area contributed by atoms with Crippen LogP contribution in [-0.4, -0.2) is 17.1 Å². The Kier molecular flexibility index (Phi) is 3.44. The van der Waals surface area contributed by atoms with Gasteiger partial charge >= 0.3 is 5.97 Å². The second-order valence-corrected chi connectivity index (χ2v) is 5.69. The fraction of sp³-hybridized carbons (Fsp3) is 0.917. The number of rotatable bonds is 1. The van der Waals surface area contributed by atoms with E-state index in [0.717, 1.165) is 19.3 Å². The van der Waals surface area contributed by atoms with E-state index in [-0.39, 0.29) is 11.9 Å². The first-order chi connectivity index (χ1) is 6.76. The summed E-state index contributed by atoms with van der Waals surface area (Å²) in [5.74, 6) is -0.0108. The van der Waals surface area contributed by atoms with Gasteiger partial charge in [0.15, 0.2) is 0 Å². The van der Waals surface area contributed by atoms with Crippen molar-refractivity contribution < 1.29 is 9.53 Å². The largest absolute Gasteiger partial charge is 0.459 e. The summed E-state index contributed by atoms with van der Waals surface area (Å²) in [7, 11) is 0. The lowest BCUT2D eigenvalue weighted by Gasteiger charge is -2.38. The minimum absolute atomic E-state index is 0.223. The van der Waals surface area contributed by atoms with Crippen molar-refractivity contribution in [1.29, 1.82) is 0 Å². The van der Waals surface area contributed by atoms with Crippen LogP contribution in [0.4, 0.5) is 0 Å². The van der Waals surface area contributed by atoms with Gasteiger partial charge in [-0.2, -0.15) is 0 Å². The van der Waals surface area contributed by atoms with Crippen molar-refractivity contribution in [3.63, 3.8) is 0 Å². The summed E-state index contributed by atoms with van der Waals surface area (Å²) < 4.78 is 5.39. The van der Waals surface area contributed by atoms with Crippen LogP contribution < -0.4 is 5.73 Å². The van der Waals surface area contributed by atoms with Crippen molar-refractivity contribution >= 4 is 5.97 Å². The Bertz CT molecular complexity index is 244. The summed E-state index contributed by atoms with van der Waals surface area (Å²) in [4.78, 5) is 12.0. The standard InChI is InChI=1S/C12H23NO2/c1-9-7-5-6-8-12(9,13)10(14)15-11(2,3)4/h9H,5-8,13H2,1-4H3/t9-,12-/m0/s1. The van der Waals surface area contributed by atoms with Crippen LogP contribution in [0.5, 0.6) is 0 Å². The van der Waals surface area contributed by atoms with Crippen molar-refractivity contribution in [3.8, 4) is 0 Å². The maximum Gasteiger partial charge on any atom is 0.326 e. The van der Waals surface area contributed by atoms with Crippen molar-refractivity contribution in [1.82, 2.24) is 0 Å². The number of nitrogens with two attached hydrogens (primary N) is 1. The van der Waals surface area contributed by atoms with Crippen LogP contribution in [0.15, 0.2) is 0 Å². The molecular weight excluding hydrogens is 190 g/mol. The Morgan fingerprint density at radius 3 is 2.47 bits per heavy atom. The van der Waals surface area contributed by atoms with Crippen LogP contribution in [0.25, 0.3) is 0 Å². The van der Waals surface area contributed by atoms with E-state index in [0.29, 0.717) is 0 Å². The highest BCUT2D eigenvalue weighted by atomic mass is 16.6. The van der Waals surface area contributed by atoms with Crippen molar-refractivity contribution in [3.05, 3.63) is 0 Å². The van der Waals surface area contributed by atoms with Gasteiger partial charge in [0.1, 0.15) is 11.1 Å². The van der Waals surface area contributed by atoms with Gasteiger partial charge < -0.3 is 10.5 Å².